The fourth-order valence-corrected chi connectivity index (χ4v) is 1.49. The summed E-state index contributed by atoms with van der Waals surface area (Å²) in [5, 5.41) is 6.63. The van der Waals surface area contributed by atoms with Gasteiger partial charge in [-0.25, -0.2) is 4.68 Å². The van der Waals surface area contributed by atoms with Crippen LogP contribution in [-0.2, 0) is 11.3 Å². The Morgan fingerprint density at radius 1 is 1.82 bits per heavy atom. The molecular weight excluding hydrogens is 288 g/mol. The molecule has 0 aromatic carbocycles. The van der Waals surface area contributed by atoms with Crippen molar-refractivity contribution in [1.29, 1.82) is 0 Å². The van der Waals surface area contributed by atoms with Crippen LogP contribution in [0.25, 0.3) is 0 Å². The van der Waals surface area contributed by atoms with E-state index in [2.05, 4.69) is 32.3 Å². The Kier molecular flexibility index (Phi) is 4.29. The van der Waals surface area contributed by atoms with Gasteiger partial charge in [-0.1, -0.05) is 5.92 Å². The van der Waals surface area contributed by atoms with E-state index in [0.29, 0.717) is 5.69 Å². The maximum Gasteiger partial charge on any atom is 0.284 e. The number of terminal acetylenes is 1. The van der Waals surface area contributed by atoms with E-state index in [-0.39, 0.29) is 16.6 Å². The predicted molar refractivity (Wildman–Crippen MR) is 67.3 cm³/mol. The number of rotatable bonds is 4. The van der Waals surface area contributed by atoms with Crippen LogP contribution in [0.2, 0.25) is 0 Å². The number of anilines is 1. The summed E-state index contributed by atoms with van der Waals surface area (Å²) in [5.74, 6) is 1.79. The fourth-order valence-electron chi connectivity index (χ4n) is 1.07. The van der Waals surface area contributed by atoms with Gasteiger partial charge >= 0.3 is 0 Å². The molecule has 1 aromatic rings. The minimum Gasteiger partial charge on any atom is -0.372 e. The van der Waals surface area contributed by atoms with Crippen LogP contribution in [0.1, 0.15) is 6.92 Å². The Bertz CT molecular complexity index is 532. The largest absolute Gasteiger partial charge is 0.372 e. The smallest absolute Gasteiger partial charge is 0.284 e. The summed E-state index contributed by atoms with van der Waals surface area (Å²) in [4.78, 5) is 22.6. The summed E-state index contributed by atoms with van der Waals surface area (Å²) < 4.78 is 1.39. The van der Waals surface area contributed by atoms with Crippen LogP contribution in [0.4, 0.5) is 5.69 Å². The molecule has 0 aliphatic heterocycles. The van der Waals surface area contributed by atoms with Crippen molar-refractivity contribution in [2.75, 3.05) is 5.32 Å². The molecule has 1 atom stereocenters. The van der Waals surface area contributed by atoms with Crippen molar-refractivity contribution in [3.8, 4) is 12.3 Å². The highest BCUT2D eigenvalue weighted by molar-refractivity contribution is 9.10. The highest BCUT2D eigenvalue weighted by atomic mass is 79.9. The van der Waals surface area contributed by atoms with Gasteiger partial charge in [0.2, 0.25) is 5.91 Å². The summed E-state index contributed by atoms with van der Waals surface area (Å²) in [6.07, 6.45) is 6.50. The second kappa shape index (κ2) is 5.50. The average molecular weight is 299 g/mol. The average Bonchev–Trinajstić information content (AvgIpc) is 2.28. The van der Waals surface area contributed by atoms with E-state index in [1.165, 1.54) is 6.20 Å². The molecule has 0 radical (unpaired) electrons. The zero-order valence-corrected chi connectivity index (χ0v) is 10.7. The first-order valence-corrected chi connectivity index (χ1v) is 5.51. The van der Waals surface area contributed by atoms with Crippen LogP contribution < -0.4 is 16.6 Å². The number of nitrogens with zero attached hydrogens (tertiary/aromatic N) is 2. The molecule has 7 heteroatoms. The maximum absolute atomic E-state index is 11.7. The van der Waals surface area contributed by atoms with Gasteiger partial charge in [0.1, 0.15) is 17.1 Å². The first-order chi connectivity index (χ1) is 7.97. The number of hydrogen-bond donors (Lipinski definition) is 2. The van der Waals surface area contributed by atoms with Gasteiger partial charge in [0.15, 0.2) is 0 Å². The van der Waals surface area contributed by atoms with Gasteiger partial charge < -0.3 is 11.1 Å². The van der Waals surface area contributed by atoms with Crippen LogP contribution in [0.3, 0.4) is 0 Å². The van der Waals surface area contributed by atoms with Crippen LogP contribution >= 0.6 is 15.9 Å². The Labute approximate surface area is 106 Å². The third-order valence-corrected chi connectivity index (χ3v) is 2.79. The summed E-state index contributed by atoms with van der Waals surface area (Å²) in [5.41, 5.74) is 5.13. The van der Waals surface area contributed by atoms with E-state index < -0.39 is 11.9 Å². The lowest BCUT2D eigenvalue weighted by molar-refractivity contribution is -0.118. The molecule has 0 bridgehead atoms. The van der Waals surface area contributed by atoms with Gasteiger partial charge in [-0.05, 0) is 22.9 Å². The number of aromatic nitrogens is 2. The van der Waals surface area contributed by atoms with Crippen molar-refractivity contribution < 1.29 is 4.79 Å². The number of nitrogens with two attached hydrogens (primary N) is 1. The van der Waals surface area contributed by atoms with Crippen LogP contribution in [0, 0.1) is 12.3 Å². The molecule has 0 aliphatic carbocycles. The van der Waals surface area contributed by atoms with Gasteiger partial charge in [0, 0.05) is 0 Å². The monoisotopic (exact) mass is 298 g/mol. The number of primary amides is 1. The molecule has 6 nitrogen and oxygen atoms in total. The van der Waals surface area contributed by atoms with Crippen molar-refractivity contribution in [2.45, 2.75) is 19.5 Å². The number of nitrogens with one attached hydrogen (secondary N) is 1. The first kappa shape index (κ1) is 13.3. The van der Waals surface area contributed by atoms with Crippen molar-refractivity contribution in [2.24, 2.45) is 5.73 Å². The molecule has 90 valence electrons. The van der Waals surface area contributed by atoms with Gasteiger partial charge in [0.05, 0.1) is 11.9 Å². The molecule has 3 N–H and O–H groups in total. The second-order valence-electron chi connectivity index (χ2n) is 3.31. The standard InChI is InChI=1S/C10H11BrN4O2/c1-3-4-15-10(17)8(11)7(5-13-15)14-6(2)9(12)16/h1,5-6,14H,4H2,2H3,(H2,12,16). The fraction of sp³-hybridized carbons (Fsp3) is 0.300. The van der Waals surface area contributed by atoms with Gasteiger partial charge in [-0.15, -0.1) is 6.42 Å². The minimum absolute atomic E-state index is 0.0864. The van der Waals surface area contributed by atoms with Gasteiger partial charge in [-0.3, -0.25) is 9.59 Å². The highest BCUT2D eigenvalue weighted by Crippen LogP contribution is 2.16. The van der Waals surface area contributed by atoms with Gasteiger partial charge in [-0.2, -0.15) is 5.10 Å². The molecule has 0 saturated heterocycles. The van der Waals surface area contributed by atoms with E-state index in [1.807, 2.05) is 0 Å². The Morgan fingerprint density at radius 2 is 2.47 bits per heavy atom. The van der Waals surface area contributed by atoms with E-state index >= 15 is 0 Å². The van der Waals surface area contributed by atoms with Crippen LogP contribution in [0.15, 0.2) is 15.5 Å². The third-order valence-electron chi connectivity index (χ3n) is 2.02. The number of hydrogen-bond acceptors (Lipinski definition) is 4. The normalized spacial score (nSPS) is 11.6. The summed E-state index contributed by atoms with van der Waals surface area (Å²) >= 11 is 3.12. The molecule has 0 aliphatic rings. The van der Waals surface area contributed by atoms with Crippen molar-refractivity contribution in [3.05, 3.63) is 21.0 Å². The lowest BCUT2D eigenvalue weighted by atomic mass is 10.3. The van der Waals surface area contributed by atoms with E-state index in [1.54, 1.807) is 6.92 Å². The van der Waals surface area contributed by atoms with Crippen LogP contribution in [-0.4, -0.2) is 21.7 Å². The summed E-state index contributed by atoms with van der Waals surface area (Å²) in [7, 11) is 0. The Morgan fingerprint density at radius 3 is 3.00 bits per heavy atom. The van der Waals surface area contributed by atoms with E-state index in [0.717, 1.165) is 4.68 Å². The quantitative estimate of drug-likeness (QED) is 0.761. The molecule has 1 aromatic heterocycles. The molecular formula is C10H11BrN4O2. The van der Waals surface area contributed by atoms with Gasteiger partial charge in [0.25, 0.3) is 5.56 Å². The third kappa shape index (κ3) is 3.07. The van der Waals surface area contributed by atoms with Crippen LogP contribution in [0.5, 0.6) is 0 Å². The number of amides is 1. The number of halogens is 1. The molecule has 0 spiro atoms. The maximum atomic E-state index is 11.7. The molecule has 17 heavy (non-hydrogen) atoms. The molecule has 0 saturated carbocycles. The topological polar surface area (TPSA) is 90.0 Å². The molecule has 1 heterocycles. The molecule has 1 unspecified atom stereocenters. The Hall–Kier alpha value is -1.81. The minimum atomic E-state index is -0.601. The molecule has 1 amide bonds. The zero-order valence-electron chi connectivity index (χ0n) is 9.11. The van der Waals surface area contributed by atoms with Crippen molar-refractivity contribution >= 4 is 27.5 Å². The van der Waals surface area contributed by atoms with Crippen molar-refractivity contribution in [1.82, 2.24) is 9.78 Å². The first-order valence-electron chi connectivity index (χ1n) is 4.72. The molecule has 0 fully saturated rings. The lowest BCUT2D eigenvalue weighted by Crippen LogP contribution is -2.34. The number of carbonyl (C=O) groups is 1. The highest BCUT2D eigenvalue weighted by Gasteiger charge is 2.13. The SMILES string of the molecule is C#CCn1ncc(NC(C)C(N)=O)c(Br)c1=O. The molecule has 1 rings (SSSR count). The predicted octanol–water partition coefficient (Wildman–Crippen LogP) is -0.0753. The summed E-state index contributed by atoms with van der Waals surface area (Å²) in [6, 6.07) is -0.601. The zero-order chi connectivity index (χ0) is 13.0. The van der Waals surface area contributed by atoms with Crippen molar-refractivity contribution in [3.63, 3.8) is 0 Å². The number of carbonyl (C=O) groups excluding carboxylic acids is 1. The summed E-state index contributed by atoms with van der Waals surface area (Å²) in [6.45, 7) is 1.67. The lowest BCUT2D eigenvalue weighted by Gasteiger charge is -2.13. The van der Waals surface area contributed by atoms with E-state index in [4.69, 9.17) is 12.2 Å². The second-order valence-corrected chi connectivity index (χ2v) is 4.10. The Balaban J connectivity index is 3.06. The van der Waals surface area contributed by atoms with E-state index in [9.17, 15) is 9.59 Å².